The highest BCUT2D eigenvalue weighted by Crippen LogP contribution is 1.94. The Kier molecular flexibility index (Phi) is 3.46. The van der Waals surface area contributed by atoms with Crippen molar-refractivity contribution in [1.82, 2.24) is 30.3 Å². The zero-order valence-corrected chi connectivity index (χ0v) is 9.13. The third-order valence-electron chi connectivity index (χ3n) is 2.10. The number of rotatable bonds is 5. The van der Waals surface area contributed by atoms with E-state index in [1.165, 1.54) is 4.68 Å². The van der Waals surface area contributed by atoms with Crippen molar-refractivity contribution in [2.45, 2.75) is 13.1 Å². The van der Waals surface area contributed by atoms with Crippen molar-refractivity contribution in [2.24, 2.45) is 5.73 Å². The number of hydrogen-bond acceptors (Lipinski definition) is 5. The van der Waals surface area contributed by atoms with Crippen LogP contribution in [0.5, 0.6) is 0 Å². The Morgan fingerprint density at radius 2 is 2.47 bits per heavy atom. The Labute approximate surface area is 97.2 Å². The van der Waals surface area contributed by atoms with Gasteiger partial charge in [-0.3, -0.25) is 9.48 Å². The van der Waals surface area contributed by atoms with Crippen LogP contribution >= 0.6 is 0 Å². The maximum absolute atomic E-state index is 11.7. The fraction of sp³-hybridized carbons (Fsp3) is 0.333. The number of imidazole rings is 1. The monoisotopic (exact) mass is 235 g/mol. The Morgan fingerprint density at radius 3 is 3.18 bits per heavy atom. The van der Waals surface area contributed by atoms with Crippen LogP contribution in [0.1, 0.15) is 16.3 Å². The van der Waals surface area contributed by atoms with E-state index in [9.17, 15) is 4.79 Å². The van der Waals surface area contributed by atoms with Crippen LogP contribution in [-0.2, 0) is 13.1 Å². The van der Waals surface area contributed by atoms with Crippen LogP contribution in [0.4, 0.5) is 0 Å². The zero-order valence-electron chi connectivity index (χ0n) is 9.13. The summed E-state index contributed by atoms with van der Waals surface area (Å²) < 4.78 is 1.53. The minimum absolute atomic E-state index is 0.269. The second-order valence-corrected chi connectivity index (χ2v) is 3.37. The van der Waals surface area contributed by atoms with Crippen LogP contribution in [0.3, 0.4) is 0 Å². The quantitative estimate of drug-likeness (QED) is 0.608. The molecule has 90 valence electrons. The minimum atomic E-state index is -0.287. The molecule has 0 atom stereocenters. The summed E-state index contributed by atoms with van der Waals surface area (Å²) in [5, 5.41) is 10.2. The van der Waals surface area contributed by atoms with Crippen molar-refractivity contribution in [3.63, 3.8) is 0 Å². The average Bonchev–Trinajstić information content (AvgIpc) is 2.97. The molecule has 0 spiro atoms. The number of amides is 1. The minimum Gasteiger partial charge on any atom is -0.347 e. The van der Waals surface area contributed by atoms with Gasteiger partial charge in [0.05, 0.1) is 19.3 Å². The van der Waals surface area contributed by atoms with Crippen molar-refractivity contribution < 1.29 is 4.79 Å². The molecule has 0 saturated carbocycles. The predicted molar refractivity (Wildman–Crippen MR) is 58.8 cm³/mol. The van der Waals surface area contributed by atoms with E-state index in [4.69, 9.17) is 5.73 Å². The number of nitrogens with zero attached hydrogens (tertiary/aromatic N) is 4. The molecule has 2 aromatic heterocycles. The zero-order chi connectivity index (χ0) is 12.1. The maximum atomic E-state index is 11.7. The van der Waals surface area contributed by atoms with Gasteiger partial charge in [-0.05, 0) is 0 Å². The predicted octanol–water partition coefficient (Wildman–Crippen LogP) is -1.11. The molecule has 2 heterocycles. The number of hydrogen-bond donors (Lipinski definition) is 3. The Morgan fingerprint density at radius 1 is 1.59 bits per heavy atom. The van der Waals surface area contributed by atoms with Crippen LogP contribution in [0.15, 0.2) is 18.6 Å². The number of carbonyl (C=O) groups is 1. The third-order valence-corrected chi connectivity index (χ3v) is 2.10. The first kappa shape index (κ1) is 11.3. The van der Waals surface area contributed by atoms with Gasteiger partial charge in [0.1, 0.15) is 5.82 Å². The summed E-state index contributed by atoms with van der Waals surface area (Å²) in [4.78, 5) is 18.5. The summed E-state index contributed by atoms with van der Waals surface area (Å²) in [7, 11) is 0. The SMILES string of the molecule is NCCn1cc(C(=O)NCc2ncc[nH]2)nn1. The highest BCUT2D eigenvalue weighted by atomic mass is 16.2. The smallest absolute Gasteiger partial charge is 0.273 e. The molecule has 8 heteroatoms. The number of aromatic amines is 1. The Balaban J connectivity index is 1.90. The molecule has 2 rings (SSSR count). The second kappa shape index (κ2) is 5.21. The fourth-order valence-corrected chi connectivity index (χ4v) is 1.29. The third kappa shape index (κ3) is 2.88. The summed E-state index contributed by atoms with van der Waals surface area (Å²) in [5.74, 6) is 0.400. The molecule has 8 nitrogen and oxygen atoms in total. The fourth-order valence-electron chi connectivity index (χ4n) is 1.29. The van der Waals surface area contributed by atoms with Crippen molar-refractivity contribution in [1.29, 1.82) is 0 Å². The van der Waals surface area contributed by atoms with Crippen LogP contribution in [0.25, 0.3) is 0 Å². The summed E-state index contributed by atoms with van der Waals surface area (Å²) in [6, 6.07) is 0. The second-order valence-electron chi connectivity index (χ2n) is 3.37. The normalized spacial score (nSPS) is 10.4. The van der Waals surface area contributed by atoms with E-state index in [1.54, 1.807) is 18.6 Å². The highest BCUT2D eigenvalue weighted by Gasteiger charge is 2.10. The van der Waals surface area contributed by atoms with Gasteiger partial charge in [0, 0.05) is 18.9 Å². The lowest BCUT2D eigenvalue weighted by Gasteiger charge is -1.99. The Hall–Kier alpha value is -2.22. The van der Waals surface area contributed by atoms with Crippen molar-refractivity contribution in [3.05, 3.63) is 30.1 Å². The van der Waals surface area contributed by atoms with Gasteiger partial charge in [-0.15, -0.1) is 5.10 Å². The molecule has 0 bridgehead atoms. The number of H-pyrrole nitrogens is 1. The summed E-state index contributed by atoms with van der Waals surface area (Å²) >= 11 is 0. The van der Waals surface area contributed by atoms with Crippen molar-refractivity contribution in [2.75, 3.05) is 6.54 Å². The summed E-state index contributed by atoms with van der Waals surface area (Å²) in [6.07, 6.45) is 4.88. The van der Waals surface area contributed by atoms with Crippen LogP contribution < -0.4 is 11.1 Å². The molecule has 0 fully saturated rings. The molecular weight excluding hydrogens is 222 g/mol. The first-order valence-corrected chi connectivity index (χ1v) is 5.16. The number of carbonyl (C=O) groups excluding carboxylic acids is 1. The molecule has 0 aromatic carbocycles. The molecule has 0 aliphatic heterocycles. The highest BCUT2D eigenvalue weighted by molar-refractivity contribution is 5.91. The Bertz CT molecular complexity index is 475. The average molecular weight is 235 g/mol. The van der Waals surface area contributed by atoms with E-state index >= 15 is 0 Å². The molecule has 0 unspecified atom stereocenters. The molecule has 0 radical (unpaired) electrons. The van der Waals surface area contributed by atoms with Gasteiger partial charge in [-0.25, -0.2) is 4.98 Å². The first-order valence-electron chi connectivity index (χ1n) is 5.16. The van der Waals surface area contributed by atoms with E-state index in [0.717, 1.165) is 0 Å². The van der Waals surface area contributed by atoms with E-state index < -0.39 is 0 Å². The molecule has 1 amide bonds. The van der Waals surface area contributed by atoms with Crippen LogP contribution in [-0.4, -0.2) is 37.4 Å². The molecule has 17 heavy (non-hydrogen) atoms. The van der Waals surface area contributed by atoms with Gasteiger partial charge >= 0.3 is 0 Å². The van der Waals surface area contributed by atoms with Gasteiger partial charge in [-0.1, -0.05) is 5.21 Å². The largest absolute Gasteiger partial charge is 0.347 e. The van der Waals surface area contributed by atoms with Gasteiger partial charge in [0.15, 0.2) is 5.69 Å². The first-order chi connectivity index (χ1) is 8.29. The molecule has 4 N–H and O–H groups in total. The van der Waals surface area contributed by atoms with Gasteiger partial charge < -0.3 is 16.0 Å². The molecule has 0 aliphatic carbocycles. The lowest BCUT2D eigenvalue weighted by Crippen LogP contribution is -2.23. The topological polar surface area (TPSA) is 115 Å². The molecule has 0 aliphatic rings. The van der Waals surface area contributed by atoms with E-state index in [0.29, 0.717) is 25.5 Å². The number of nitrogens with one attached hydrogen (secondary N) is 2. The summed E-state index contributed by atoms with van der Waals surface area (Å²) in [6.45, 7) is 1.32. The van der Waals surface area contributed by atoms with E-state index in [2.05, 4.69) is 25.6 Å². The number of nitrogens with two attached hydrogens (primary N) is 1. The van der Waals surface area contributed by atoms with E-state index in [-0.39, 0.29) is 11.6 Å². The standard InChI is InChI=1S/C9H13N7O/c10-1-4-16-6-7(14-15-16)9(17)13-5-8-11-2-3-12-8/h2-3,6H,1,4-5,10H2,(H,11,12)(H,13,17). The number of aromatic nitrogens is 5. The van der Waals surface area contributed by atoms with Crippen LogP contribution in [0.2, 0.25) is 0 Å². The molecular formula is C9H13N7O. The lowest BCUT2D eigenvalue weighted by atomic mass is 10.4. The van der Waals surface area contributed by atoms with Gasteiger partial charge in [0.25, 0.3) is 5.91 Å². The van der Waals surface area contributed by atoms with Crippen molar-refractivity contribution >= 4 is 5.91 Å². The maximum Gasteiger partial charge on any atom is 0.273 e. The van der Waals surface area contributed by atoms with Crippen LogP contribution in [0, 0.1) is 0 Å². The van der Waals surface area contributed by atoms with Crippen molar-refractivity contribution in [3.8, 4) is 0 Å². The van der Waals surface area contributed by atoms with Gasteiger partial charge in [-0.2, -0.15) is 0 Å². The molecule has 2 aromatic rings. The lowest BCUT2D eigenvalue weighted by molar-refractivity contribution is 0.0945. The summed E-state index contributed by atoms with van der Waals surface area (Å²) in [5.41, 5.74) is 5.64. The van der Waals surface area contributed by atoms with Gasteiger partial charge in [0.2, 0.25) is 0 Å². The molecule has 0 saturated heterocycles. The van der Waals surface area contributed by atoms with E-state index in [1.807, 2.05) is 0 Å².